The van der Waals surface area contributed by atoms with Gasteiger partial charge in [0.2, 0.25) is 5.78 Å². The van der Waals surface area contributed by atoms with Crippen LogP contribution in [0.15, 0.2) is 40.9 Å². The molecule has 1 aromatic carbocycles. The molecule has 0 radical (unpaired) electrons. The van der Waals surface area contributed by atoms with Crippen LogP contribution < -0.4 is 5.73 Å². The average Bonchev–Trinajstić information content (AvgIpc) is 2.93. The molecule has 232 valence electrons. The minimum absolute atomic E-state index is 0.171. The highest BCUT2D eigenvalue weighted by Gasteiger charge is 2.68. The molecule has 6 N–H and O–H groups in total. The summed E-state index contributed by atoms with van der Waals surface area (Å²) < 4.78 is 10.9. The number of aromatic hydroxyl groups is 1. The van der Waals surface area contributed by atoms with Crippen LogP contribution in [-0.2, 0) is 28.7 Å². The fraction of sp³-hybridized carbons (Fsp3) is 0.500. The predicted octanol–water partition coefficient (Wildman–Crippen LogP) is 1.33. The van der Waals surface area contributed by atoms with E-state index in [4.69, 9.17) is 15.2 Å². The van der Waals surface area contributed by atoms with Crippen molar-refractivity contribution in [1.82, 2.24) is 4.90 Å². The van der Waals surface area contributed by atoms with Gasteiger partial charge in [0.05, 0.1) is 37.0 Å². The molecule has 1 aromatic rings. The lowest BCUT2D eigenvalue weighted by atomic mass is 9.55. The quantitative estimate of drug-likeness (QED) is 0.154. The van der Waals surface area contributed by atoms with Crippen molar-refractivity contribution >= 4 is 29.4 Å². The number of ether oxygens (including phenoxy) is 2. The van der Waals surface area contributed by atoms with Crippen LogP contribution in [0.4, 0.5) is 0 Å². The Bertz CT molecular complexity index is 1450. The number of hydrogen-bond acceptors (Lipinski definition) is 12. The number of hydrogen-bond donors (Lipinski definition) is 5. The Morgan fingerprint density at radius 3 is 2.33 bits per heavy atom. The zero-order valence-corrected chi connectivity index (χ0v) is 24.3. The number of aliphatic hydroxyl groups is 3. The van der Waals surface area contributed by atoms with Gasteiger partial charge in [0.1, 0.15) is 28.9 Å². The van der Waals surface area contributed by atoms with E-state index in [0.717, 1.165) is 6.42 Å². The summed E-state index contributed by atoms with van der Waals surface area (Å²) in [5.74, 6) is -11.2. The van der Waals surface area contributed by atoms with Gasteiger partial charge in [0, 0.05) is 11.5 Å². The number of esters is 2. The van der Waals surface area contributed by atoms with Crippen LogP contribution in [-0.4, -0.2) is 93.2 Å². The monoisotopic (exact) mass is 600 g/mol. The fourth-order valence-corrected chi connectivity index (χ4v) is 6.51. The van der Waals surface area contributed by atoms with Crippen molar-refractivity contribution in [3.8, 4) is 5.75 Å². The Labute approximate surface area is 247 Å². The van der Waals surface area contributed by atoms with Crippen molar-refractivity contribution in [2.75, 3.05) is 20.7 Å². The number of nitrogens with zero attached hydrogens (tertiary/aromatic N) is 1. The maximum Gasteiger partial charge on any atom is 0.306 e. The van der Waals surface area contributed by atoms with Crippen LogP contribution in [0.5, 0.6) is 5.75 Å². The smallest absolute Gasteiger partial charge is 0.306 e. The highest BCUT2D eigenvalue weighted by Crippen LogP contribution is 2.56. The number of carbonyl (C=O) groups is 5. The van der Waals surface area contributed by atoms with E-state index < -0.39 is 99.7 Å². The Hall–Kier alpha value is -4.23. The lowest BCUT2D eigenvalue weighted by Gasteiger charge is -2.54. The number of phenols is 1. The van der Waals surface area contributed by atoms with Gasteiger partial charge in [-0.25, -0.2) is 0 Å². The number of benzene rings is 1. The van der Waals surface area contributed by atoms with Crippen LogP contribution in [0.3, 0.4) is 0 Å². The van der Waals surface area contributed by atoms with Crippen molar-refractivity contribution in [1.29, 1.82) is 0 Å². The molecule has 0 bridgehead atoms. The minimum atomic E-state index is -3.04. The van der Waals surface area contributed by atoms with Crippen LogP contribution in [0, 0.1) is 11.8 Å². The molecule has 0 saturated heterocycles. The maximum absolute atomic E-state index is 13.9. The Balaban J connectivity index is 1.89. The first-order chi connectivity index (χ1) is 20.2. The number of aliphatic hydroxyl groups excluding tert-OH is 2. The first-order valence-corrected chi connectivity index (χ1v) is 14.0. The highest BCUT2D eigenvalue weighted by atomic mass is 16.5. The van der Waals surface area contributed by atoms with Crippen molar-refractivity contribution in [2.45, 2.75) is 63.2 Å². The summed E-state index contributed by atoms with van der Waals surface area (Å²) in [6.45, 7) is 3.76. The molecular formula is C30H36N2O11. The SMILES string of the molecule is CCCCOC(=O)CCC(=O)O[C@H]1[C@H]2C(=C(O)[C@]3(O)C(=O)C(C(N)=O)=C(O)[C@@H](N(C)C)[C@H]13)C(=O)c1c(O)cccc1[C@@H]2C. The number of likely N-dealkylation sites (N-methyl/N-ethyl adjacent to an activating group) is 1. The molecule has 6 atom stereocenters. The van der Waals surface area contributed by atoms with Gasteiger partial charge in [-0.2, -0.15) is 0 Å². The standard InChI is InChI=1S/C30H36N2O11/c1-5-6-12-42-16(34)10-11-17(35)43-26-18-13(2)14-8-7-9-15(33)19(14)24(36)20(18)27(38)30(41)22(26)23(32(3)4)25(37)21(28(30)39)29(31)40/h7-9,13,18,22-23,26,33,37-38,41H,5-6,10-12H2,1-4H3,(H2,31,40)/t13-,18+,22+,23-,26-,30-/m0/s1. The number of carbonyl (C=O) groups excluding carboxylic acids is 5. The van der Waals surface area contributed by atoms with Crippen LogP contribution >= 0.6 is 0 Å². The second-order valence-corrected chi connectivity index (χ2v) is 11.3. The summed E-state index contributed by atoms with van der Waals surface area (Å²) >= 11 is 0. The Morgan fingerprint density at radius 2 is 1.72 bits per heavy atom. The second kappa shape index (κ2) is 11.8. The van der Waals surface area contributed by atoms with Crippen molar-refractivity contribution in [3.05, 3.63) is 52.0 Å². The third-order valence-corrected chi connectivity index (χ3v) is 8.53. The lowest BCUT2D eigenvalue weighted by molar-refractivity contribution is -0.181. The summed E-state index contributed by atoms with van der Waals surface area (Å²) in [7, 11) is 2.92. The number of amides is 1. The minimum Gasteiger partial charge on any atom is -0.510 e. The molecule has 3 aliphatic carbocycles. The zero-order chi connectivity index (χ0) is 32.0. The van der Waals surface area contributed by atoms with E-state index in [2.05, 4.69) is 0 Å². The molecule has 0 aromatic heterocycles. The molecule has 0 aliphatic heterocycles. The number of rotatable bonds is 9. The van der Waals surface area contributed by atoms with Gasteiger partial charge in [0.25, 0.3) is 5.91 Å². The molecule has 0 fully saturated rings. The molecular weight excluding hydrogens is 564 g/mol. The number of primary amides is 1. The van der Waals surface area contributed by atoms with Gasteiger partial charge in [-0.15, -0.1) is 0 Å². The zero-order valence-electron chi connectivity index (χ0n) is 24.3. The van der Waals surface area contributed by atoms with E-state index in [1.165, 1.54) is 31.1 Å². The van der Waals surface area contributed by atoms with Gasteiger partial charge in [-0.05, 0) is 38.1 Å². The van der Waals surface area contributed by atoms with E-state index in [0.29, 0.717) is 12.0 Å². The van der Waals surface area contributed by atoms with Gasteiger partial charge in [-0.1, -0.05) is 32.4 Å². The Kier molecular flexibility index (Phi) is 8.70. The molecule has 0 unspecified atom stereocenters. The van der Waals surface area contributed by atoms with E-state index in [1.54, 1.807) is 13.0 Å². The number of ketones is 2. The largest absolute Gasteiger partial charge is 0.510 e. The predicted molar refractivity (Wildman–Crippen MR) is 149 cm³/mol. The maximum atomic E-state index is 13.9. The van der Waals surface area contributed by atoms with Crippen molar-refractivity contribution in [3.63, 3.8) is 0 Å². The van der Waals surface area contributed by atoms with E-state index in [-0.39, 0.29) is 18.6 Å². The van der Waals surface area contributed by atoms with E-state index in [1.807, 2.05) is 6.92 Å². The van der Waals surface area contributed by atoms with Gasteiger partial charge in [-0.3, -0.25) is 28.9 Å². The molecule has 0 heterocycles. The molecule has 0 spiro atoms. The Morgan fingerprint density at radius 1 is 1.07 bits per heavy atom. The molecule has 4 rings (SSSR count). The van der Waals surface area contributed by atoms with Gasteiger partial charge < -0.3 is 35.6 Å². The van der Waals surface area contributed by atoms with E-state index in [9.17, 15) is 44.4 Å². The van der Waals surface area contributed by atoms with Gasteiger partial charge in [0.15, 0.2) is 11.4 Å². The molecule has 13 nitrogen and oxygen atoms in total. The van der Waals surface area contributed by atoms with Gasteiger partial charge >= 0.3 is 11.9 Å². The fourth-order valence-electron chi connectivity index (χ4n) is 6.51. The van der Waals surface area contributed by atoms with Crippen molar-refractivity contribution in [2.24, 2.45) is 17.6 Å². The molecule has 13 heteroatoms. The average molecular weight is 601 g/mol. The summed E-state index contributed by atoms with van der Waals surface area (Å²) in [4.78, 5) is 66.6. The van der Waals surface area contributed by atoms with Crippen LogP contribution in [0.1, 0.15) is 61.4 Å². The first kappa shape index (κ1) is 31.7. The second-order valence-electron chi connectivity index (χ2n) is 11.3. The van der Waals surface area contributed by atoms with Crippen LogP contribution in [0.2, 0.25) is 0 Å². The van der Waals surface area contributed by atoms with Crippen molar-refractivity contribution < 1.29 is 53.9 Å². The van der Waals surface area contributed by atoms with Crippen LogP contribution in [0.25, 0.3) is 0 Å². The lowest BCUT2D eigenvalue weighted by Crippen LogP contribution is -2.69. The third-order valence-electron chi connectivity index (χ3n) is 8.53. The number of Topliss-reactive ketones (excluding diaryl/α,β-unsaturated/α-hetero) is 2. The molecule has 3 aliphatic rings. The summed E-state index contributed by atoms with van der Waals surface area (Å²) in [5, 5.41) is 45.3. The molecule has 43 heavy (non-hydrogen) atoms. The van der Waals surface area contributed by atoms with E-state index >= 15 is 0 Å². The first-order valence-electron chi connectivity index (χ1n) is 14.0. The summed E-state index contributed by atoms with van der Waals surface area (Å²) in [6.07, 6.45) is -0.887. The third kappa shape index (κ3) is 5.06. The molecule has 1 amide bonds. The topological polar surface area (TPSA) is 214 Å². The molecule has 0 saturated carbocycles. The number of nitrogens with two attached hydrogens (primary N) is 1. The number of phenolic OH excluding ortho intramolecular Hbond substituents is 1. The number of fused-ring (bicyclic) bond motifs is 3. The number of unbranched alkanes of at least 4 members (excludes halogenated alkanes) is 1. The summed E-state index contributed by atoms with van der Waals surface area (Å²) in [6, 6.07) is 2.95. The normalized spacial score (nSPS) is 28.3. The highest BCUT2D eigenvalue weighted by molar-refractivity contribution is 6.25. The summed E-state index contributed by atoms with van der Waals surface area (Å²) in [5.41, 5.74) is 1.06.